The topological polar surface area (TPSA) is 95.9 Å². The Kier molecular flexibility index (Phi) is 12.6. The average molecular weight is 547 g/mol. The Bertz CT molecular complexity index is 1100. The zero-order valence-corrected chi connectivity index (χ0v) is 23.3. The van der Waals surface area contributed by atoms with E-state index in [9.17, 15) is 19.5 Å². The van der Waals surface area contributed by atoms with Crippen molar-refractivity contribution in [3.05, 3.63) is 97.1 Å². The first-order chi connectivity index (χ1) is 19.5. The molecular formula is C33H42N2O5. The number of hydrogen-bond donors (Lipinski definition) is 2. The molecule has 2 aromatic carbocycles. The van der Waals surface area contributed by atoms with Gasteiger partial charge in [-0.2, -0.15) is 0 Å². The van der Waals surface area contributed by atoms with E-state index in [0.29, 0.717) is 32.2 Å². The number of nitrogens with one attached hydrogen (secondary N) is 1. The summed E-state index contributed by atoms with van der Waals surface area (Å²) in [6.07, 6.45) is 7.26. The Morgan fingerprint density at radius 2 is 1.73 bits per heavy atom. The number of allylic oxidation sites excluding steroid dienone is 2. The van der Waals surface area contributed by atoms with Gasteiger partial charge in [0.1, 0.15) is 6.61 Å². The third kappa shape index (κ3) is 9.19. The van der Waals surface area contributed by atoms with Gasteiger partial charge in [-0.05, 0) is 49.7 Å². The average Bonchev–Trinajstić information content (AvgIpc) is 3.47. The molecule has 1 heterocycles. The lowest BCUT2D eigenvalue weighted by Gasteiger charge is -2.27. The van der Waals surface area contributed by atoms with Gasteiger partial charge in [0.2, 0.25) is 11.8 Å². The molecule has 0 bridgehead atoms. The van der Waals surface area contributed by atoms with E-state index in [1.54, 1.807) is 17.1 Å². The first kappa shape index (κ1) is 30.8. The highest BCUT2D eigenvalue weighted by Crippen LogP contribution is 2.23. The fraction of sp³-hybridized carbons (Fsp3) is 0.424. The number of aliphatic hydroxyl groups excluding tert-OH is 1. The Labute approximate surface area is 237 Å². The molecule has 4 atom stereocenters. The van der Waals surface area contributed by atoms with Crippen molar-refractivity contribution in [2.75, 3.05) is 19.8 Å². The maximum Gasteiger partial charge on any atom is 0.309 e. The normalized spacial score (nSPS) is 16.9. The third-order valence-electron chi connectivity index (χ3n) is 7.44. The summed E-state index contributed by atoms with van der Waals surface area (Å²) in [7, 11) is 0. The molecule has 1 saturated heterocycles. The Balaban J connectivity index is 1.69. The second-order valence-corrected chi connectivity index (χ2v) is 10.3. The molecule has 2 N–H and O–H groups in total. The van der Waals surface area contributed by atoms with Gasteiger partial charge in [0, 0.05) is 13.0 Å². The first-order valence-corrected chi connectivity index (χ1v) is 14.1. The van der Waals surface area contributed by atoms with Gasteiger partial charge in [-0.1, -0.05) is 72.8 Å². The standard InChI is InChI=1S/C33H42N2O5/c1-3-5-16-28(21-25-14-8-6-9-15-25)33(39)40-24-30(26-17-10-7-11-18-26)34-32(38)27(13-4-2)22-31(37)35-20-12-19-29(35)23-36/h3-4,6-11,14-15,17-18,27-30,36H,1-2,5,12-13,16,19-24H2,(H,34,38)/t27-,28-,29+,30-/m1/s1. The SMILES string of the molecule is C=CCC[C@H](Cc1ccccc1)C(=O)OC[C@@H](NC(=O)[C@H](CC=C)CC(=O)N1CCC[C@H]1CO)c1ccccc1. The number of rotatable bonds is 16. The number of aliphatic hydroxyl groups is 1. The number of carbonyl (C=O) groups is 3. The number of hydrogen-bond acceptors (Lipinski definition) is 5. The molecule has 1 fully saturated rings. The predicted molar refractivity (Wildman–Crippen MR) is 156 cm³/mol. The van der Waals surface area contributed by atoms with Crippen LogP contribution in [0.4, 0.5) is 0 Å². The minimum absolute atomic E-state index is 0.0242. The van der Waals surface area contributed by atoms with Crippen LogP contribution >= 0.6 is 0 Å². The number of amides is 2. The molecule has 214 valence electrons. The summed E-state index contributed by atoms with van der Waals surface area (Å²) in [6.45, 7) is 8.04. The maximum atomic E-state index is 13.4. The van der Waals surface area contributed by atoms with Crippen molar-refractivity contribution < 1.29 is 24.2 Å². The monoisotopic (exact) mass is 546 g/mol. The van der Waals surface area contributed by atoms with E-state index in [1.807, 2.05) is 60.7 Å². The van der Waals surface area contributed by atoms with E-state index in [0.717, 1.165) is 24.0 Å². The predicted octanol–water partition coefficient (Wildman–Crippen LogP) is 4.78. The summed E-state index contributed by atoms with van der Waals surface area (Å²) in [6, 6.07) is 18.4. The fourth-order valence-electron chi connectivity index (χ4n) is 5.17. The van der Waals surface area contributed by atoms with Gasteiger partial charge in [-0.25, -0.2) is 0 Å². The molecule has 0 aromatic heterocycles. The molecule has 2 aromatic rings. The Morgan fingerprint density at radius 1 is 1.02 bits per heavy atom. The number of likely N-dealkylation sites (tertiary alicyclic amines) is 1. The number of esters is 1. The van der Waals surface area contributed by atoms with Crippen LogP contribution in [0, 0.1) is 11.8 Å². The lowest BCUT2D eigenvalue weighted by molar-refractivity contribution is -0.150. The van der Waals surface area contributed by atoms with Gasteiger partial charge in [0.05, 0.1) is 30.5 Å². The number of carbonyl (C=O) groups excluding carboxylic acids is 3. The molecule has 0 radical (unpaired) electrons. The number of nitrogens with zero attached hydrogens (tertiary/aromatic N) is 1. The summed E-state index contributed by atoms with van der Waals surface area (Å²) < 4.78 is 5.81. The highest BCUT2D eigenvalue weighted by atomic mass is 16.5. The van der Waals surface area contributed by atoms with Gasteiger partial charge < -0.3 is 20.1 Å². The minimum atomic E-state index is -0.620. The van der Waals surface area contributed by atoms with Gasteiger partial charge >= 0.3 is 5.97 Å². The zero-order chi connectivity index (χ0) is 28.7. The lowest BCUT2D eigenvalue weighted by atomic mass is 9.94. The van der Waals surface area contributed by atoms with Crippen LogP contribution in [0.3, 0.4) is 0 Å². The van der Waals surface area contributed by atoms with Crippen LogP contribution in [-0.4, -0.2) is 53.6 Å². The van der Waals surface area contributed by atoms with Gasteiger partial charge in [-0.3, -0.25) is 14.4 Å². The molecule has 7 heteroatoms. The molecule has 0 aliphatic carbocycles. The summed E-state index contributed by atoms with van der Waals surface area (Å²) in [5.41, 5.74) is 1.86. The quantitative estimate of drug-likeness (QED) is 0.233. The molecular weight excluding hydrogens is 504 g/mol. The Hall–Kier alpha value is -3.71. The van der Waals surface area contributed by atoms with E-state index in [1.165, 1.54) is 0 Å². The van der Waals surface area contributed by atoms with Crippen LogP contribution in [0.2, 0.25) is 0 Å². The van der Waals surface area contributed by atoms with E-state index in [2.05, 4.69) is 18.5 Å². The second-order valence-electron chi connectivity index (χ2n) is 10.3. The van der Waals surface area contributed by atoms with Crippen LogP contribution < -0.4 is 5.32 Å². The van der Waals surface area contributed by atoms with Gasteiger partial charge in [0.25, 0.3) is 0 Å². The summed E-state index contributed by atoms with van der Waals surface area (Å²) in [4.78, 5) is 41.3. The minimum Gasteiger partial charge on any atom is -0.463 e. The molecule has 1 aliphatic heterocycles. The molecule has 3 rings (SSSR count). The lowest BCUT2D eigenvalue weighted by Crippen LogP contribution is -2.42. The van der Waals surface area contributed by atoms with Crippen LogP contribution in [0.25, 0.3) is 0 Å². The van der Waals surface area contributed by atoms with E-state index < -0.39 is 12.0 Å². The number of benzene rings is 2. The van der Waals surface area contributed by atoms with Crippen LogP contribution in [0.5, 0.6) is 0 Å². The molecule has 40 heavy (non-hydrogen) atoms. The number of ether oxygens (including phenoxy) is 1. The summed E-state index contributed by atoms with van der Waals surface area (Å²) in [5.74, 6) is -1.72. The second kappa shape index (κ2) is 16.4. The molecule has 1 aliphatic rings. The highest BCUT2D eigenvalue weighted by Gasteiger charge is 2.32. The van der Waals surface area contributed by atoms with Crippen molar-refractivity contribution in [1.82, 2.24) is 10.2 Å². The van der Waals surface area contributed by atoms with Gasteiger partial charge in [0.15, 0.2) is 0 Å². The van der Waals surface area contributed by atoms with E-state index >= 15 is 0 Å². The third-order valence-corrected chi connectivity index (χ3v) is 7.44. The highest BCUT2D eigenvalue weighted by molar-refractivity contribution is 5.86. The maximum absolute atomic E-state index is 13.4. The summed E-state index contributed by atoms with van der Waals surface area (Å²) in [5, 5.41) is 12.6. The van der Waals surface area contributed by atoms with Crippen molar-refractivity contribution in [3.63, 3.8) is 0 Å². The van der Waals surface area contributed by atoms with Crippen molar-refractivity contribution in [1.29, 1.82) is 0 Å². The van der Waals surface area contributed by atoms with Crippen molar-refractivity contribution in [3.8, 4) is 0 Å². The molecule has 0 spiro atoms. The molecule has 7 nitrogen and oxygen atoms in total. The van der Waals surface area contributed by atoms with Crippen LogP contribution in [0.1, 0.15) is 55.7 Å². The van der Waals surface area contributed by atoms with Crippen LogP contribution in [-0.2, 0) is 25.5 Å². The van der Waals surface area contributed by atoms with Crippen LogP contribution in [0.15, 0.2) is 86.0 Å². The van der Waals surface area contributed by atoms with E-state index in [4.69, 9.17) is 4.74 Å². The van der Waals surface area contributed by atoms with Gasteiger partial charge in [-0.15, -0.1) is 13.2 Å². The molecule has 0 saturated carbocycles. The molecule has 0 unspecified atom stereocenters. The van der Waals surface area contributed by atoms with Crippen molar-refractivity contribution >= 4 is 17.8 Å². The first-order valence-electron chi connectivity index (χ1n) is 14.1. The smallest absolute Gasteiger partial charge is 0.309 e. The van der Waals surface area contributed by atoms with E-state index in [-0.39, 0.29) is 49.4 Å². The van der Waals surface area contributed by atoms with Crippen molar-refractivity contribution in [2.24, 2.45) is 11.8 Å². The van der Waals surface area contributed by atoms with Crippen molar-refractivity contribution in [2.45, 2.75) is 57.0 Å². The fourth-order valence-corrected chi connectivity index (χ4v) is 5.17. The summed E-state index contributed by atoms with van der Waals surface area (Å²) >= 11 is 0. The molecule has 2 amide bonds. The largest absolute Gasteiger partial charge is 0.463 e. The Morgan fingerprint density at radius 3 is 2.38 bits per heavy atom. The zero-order valence-electron chi connectivity index (χ0n) is 23.3.